The first-order valence-corrected chi connectivity index (χ1v) is 6.71. The molecule has 0 aliphatic heterocycles. The molecule has 5 nitrogen and oxygen atoms in total. The van der Waals surface area contributed by atoms with E-state index in [1.807, 2.05) is 6.92 Å². The fourth-order valence-electron chi connectivity index (χ4n) is 1.87. The van der Waals surface area contributed by atoms with Crippen LogP contribution in [0.4, 0.5) is 9.18 Å². The highest BCUT2D eigenvalue weighted by Gasteiger charge is 2.29. The van der Waals surface area contributed by atoms with Gasteiger partial charge in [0.25, 0.3) is 0 Å². The maximum Gasteiger partial charge on any atom is 0.407 e. The molecule has 0 saturated heterocycles. The second kappa shape index (κ2) is 6.87. The van der Waals surface area contributed by atoms with Gasteiger partial charge in [0, 0.05) is 12.0 Å². The van der Waals surface area contributed by atoms with Crippen molar-refractivity contribution in [2.24, 2.45) is 5.90 Å². The van der Waals surface area contributed by atoms with Gasteiger partial charge in [0.2, 0.25) is 0 Å². The highest BCUT2D eigenvalue weighted by Crippen LogP contribution is 2.24. The van der Waals surface area contributed by atoms with Crippen molar-refractivity contribution < 1.29 is 18.8 Å². The van der Waals surface area contributed by atoms with Gasteiger partial charge >= 0.3 is 6.09 Å². The first-order chi connectivity index (χ1) is 9.66. The standard InChI is InChI=1S/C15H23FN2O3/c1-14(2,3)21-13(19)18-9-15(4,10-20-17)11-6-5-7-12(16)8-11/h5-8H,9-10,17H2,1-4H3,(H,18,19). The molecular formula is C15H23FN2O3. The van der Waals surface area contributed by atoms with E-state index in [0.717, 1.165) is 0 Å². The summed E-state index contributed by atoms with van der Waals surface area (Å²) in [6.07, 6.45) is -0.540. The SMILES string of the molecule is CC(C)(C)OC(=O)NCC(C)(CON)c1cccc(F)c1. The van der Waals surface area contributed by atoms with E-state index in [0.29, 0.717) is 5.56 Å². The van der Waals surface area contributed by atoms with Crippen molar-refractivity contribution in [2.75, 3.05) is 13.2 Å². The van der Waals surface area contributed by atoms with Crippen molar-refractivity contribution in [2.45, 2.75) is 38.7 Å². The predicted molar refractivity (Wildman–Crippen MR) is 78.1 cm³/mol. The Labute approximate surface area is 124 Å². The summed E-state index contributed by atoms with van der Waals surface area (Å²) in [5.41, 5.74) is -0.554. The molecule has 0 saturated carbocycles. The normalized spacial score (nSPS) is 14.4. The number of rotatable bonds is 5. The molecule has 0 spiro atoms. The lowest BCUT2D eigenvalue weighted by Gasteiger charge is -2.30. The van der Waals surface area contributed by atoms with Gasteiger partial charge in [0.05, 0.1) is 6.61 Å². The molecule has 1 unspecified atom stereocenters. The Balaban J connectivity index is 2.79. The summed E-state index contributed by atoms with van der Waals surface area (Å²) < 4.78 is 18.5. The number of carbonyl (C=O) groups excluding carboxylic acids is 1. The Kier molecular flexibility index (Phi) is 5.69. The smallest absolute Gasteiger partial charge is 0.407 e. The van der Waals surface area contributed by atoms with Crippen molar-refractivity contribution in [1.82, 2.24) is 5.32 Å². The van der Waals surface area contributed by atoms with E-state index in [4.69, 9.17) is 15.5 Å². The minimum atomic E-state index is -0.659. The van der Waals surface area contributed by atoms with E-state index in [2.05, 4.69) is 5.32 Å². The van der Waals surface area contributed by atoms with Gasteiger partial charge in [0.15, 0.2) is 0 Å². The van der Waals surface area contributed by atoms with Crippen LogP contribution in [0.25, 0.3) is 0 Å². The van der Waals surface area contributed by atoms with E-state index in [-0.39, 0.29) is 19.0 Å². The molecule has 0 heterocycles. The number of amides is 1. The van der Waals surface area contributed by atoms with Crippen molar-refractivity contribution in [3.8, 4) is 0 Å². The van der Waals surface area contributed by atoms with E-state index in [1.54, 1.807) is 32.9 Å². The molecule has 3 N–H and O–H groups in total. The van der Waals surface area contributed by atoms with E-state index in [9.17, 15) is 9.18 Å². The minimum Gasteiger partial charge on any atom is -0.444 e. The first kappa shape index (κ1) is 17.4. The van der Waals surface area contributed by atoms with Crippen LogP contribution < -0.4 is 11.2 Å². The summed E-state index contributed by atoms with van der Waals surface area (Å²) in [7, 11) is 0. The molecule has 1 amide bonds. The van der Waals surface area contributed by atoms with Crippen LogP contribution in [-0.2, 0) is 15.0 Å². The molecular weight excluding hydrogens is 275 g/mol. The van der Waals surface area contributed by atoms with Crippen LogP contribution in [0.3, 0.4) is 0 Å². The Morgan fingerprint density at radius 2 is 2.00 bits per heavy atom. The number of alkyl carbamates (subject to hydrolysis) is 1. The Hall–Kier alpha value is -1.66. The molecule has 0 fully saturated rings. The topological polar surface area (TPSA) is 73.6 Å². The second-order valence-electron chi connectivity index (χ2n) is 6.24. The lowest BCUT2D eigenvalue weighted by molar-refractivity contribution is 0.0476. The number of nitrogens with two attached hydrogens (primary N) is 1. The highest BCUT2D eigenvalue weighted by molar-refractivity contribution is 5.67. The molecule has 1 atom stereocenters. The van der Waals surface area contributed by atoms with Gasteiger partial charge in [0.1, 0.15) is 11.4 Å². The summed E-state index contributed by atoms with van der Waals surface area (Å²) >= 11 is 0. The fraction of sp³-hybridized carbons (Fsp3) is 0.533. The van der Waals surface area contributed by atoms with Gasteiger partial charge in [-0.3, -0.25) is 0 Å². The van der Waals surface area contributed by atoms with Gasteiger partial charge in [-0.05, 0) is 38.5 Å². The molecule has 0 bridgehead atoms. The molecule has 1 aromatic carbocycles. The first-order valence-electron chi connectivity index (χ1n) is 6.71. The summed E-state index contributed by atoms with van der Waals surface area (Å²) in [5, 5.41) is 2.66. The van der Waals surface area contributed by atoms with Crippen LogP contribution in [0, 0.1) is 5.82 Å². The van der Waals surface area contributed by atoms with E-state index < -0.39 is 17.1 Å². The summed E-state index contributed by atoms with van der Waals surface area (Å²) in [4.78, 5) is 16.4. The minimum absolute atomic E-state index is 0.131. The molecule has 1 aromatic rings. The van der Waals surface area contributed by atoms with Gasteiger partial charge in [-0.1, -0.05) is 19.1 Å². The molecule has 0 aliphatic rings. The van der Waals surface area contributed by atoms with E-state index >= 15 is 0 Å². The summed E-state index contributed by atoms with van der Waals surface area (Å²) in [5.74, 6) is 4.81. The van der Waals surface area contributed by atoms with Crippen LogP contribution in [0.2, 0.25) is 0 Å². The summed E-state index contributed by atoms with van der Waals surface area (Å²) in [6, 6.07) is 6.12. The zero-order valence-corrected chi connectivity index (χ0v) is 12.9. The van der Waals surface area contributed by atoms with Gasteiger partial charge in [-0.2, -0.15) is 0 Å². The third kappa shape index (κ3) is 5.69. The fourth-order valence-corrected chi connectivity index (χ4v) is 1.87. The quantitative estimate of drug-likeness (QED) is 0.819. The second-order valence-corrected chi connectivity index (χ2v) is 6.24. The number of halogens is 1. The number of hydrogen-bond donors (Lipinski definition) is 2. The monoisotopic (exact) mass is 298 g/mol. The van der Waals surface area contributed by atoms with Crippen molar-refractivity contribution in [3.63, 3.8) is 0 Å². The number of ether oxygens (including phenoxy) is 1. The maximum atomic E-state index is 13.4. The largest absolute Gasteiger partial charge is 0.444 e. The lowest BCUT2D eigenvalue weighted by atomic mass is 9.83. The van der Waals surface area contributed by atoms with Crippen molar-refractivity contribution >= 4 is 6.09 Å². The van der Waals surface area contributed by atoms with Gasteiger partial charge in [-0.25, -0.2) is 15.1 Å². The molecule has 0 radical (unpaired) electrons. The van der Waals surface area contributed by atoms with Crippen LogP contribution in [0.5, 0.6) is 0 Å². The third-order valence-corrected chi connectivity index (χ3v) is 2.95. The number of nitrogens with one attached hydrogen (secondary N) is 1. The highest BCUT2D eigenvalue weighted by atomic mass is 19.1. The van der Waals surface area contributed by atoms with Crippen molar-refractivity contribution in [1.29, 1.82) is 0 Å². The third-order valence-electron chi connectivity index (χ3n) is 2.95. The summed E-state index contributed by atoms with van der Waals surface area (Å²) in [6.45, 7) is 7.50. The zero-order chi connectivity index (χ0) is 16.1. The van der Waals surface area contributed by atoms with Crippen LogP contribution in [0.1, 0.15) is 33.3 Å². The number of benzene rings is 1. The van der Waals surface area contributed by atoms with Gasteiger partial charge < -0.3 is 14.9 Å². The predicted octanol–water partition coefficient (Wildman–Crippen LogP) is 2.50. The number of carbonyl (C=O) groups is 1. The van der Waals surface area contributed by atoms with E-state index in [1.165, 1.54) is 12.1 Å². The average Bonchev–Trinajstić information content (AvgIpc) is 2.35. The van der Waals surface area contributed by atoms with Crippen LogP contribution >= 0.6 is 0 Å². The number of hydrogen-bond acceptors (Lipinski definition) is 4. The molecule has 118 valence electrons. The zero-order valence-electron chi connectivity index (χ0n) is 12.9. The van der Waals surface area contributed by atoms with Crippen molar-refractivity contribution in [3.05, 3.63) is 35.6 Å². The average molecular weight is 298 g/mol. The van der Waals surface area contributed by atoms with Crippen LogP contribution in [-0.4, -0.2) is 24.8 Å². The lowest BCUT2D eigenvalue weighted by Crippen LogP contribution is -2.44. The Morgan fingerprint density at radius 1 is 1.33 bits per heavy atom. The molecule has 6 heteroatoms. The Morgan fingerprint density at radius 3 is 2.52 bits per heavy atom. The maximum absolute atomic E-state index is 13.4. The molecule has 0 aliphatic carbocycles. The van der Waals surface area contributed by atoms with Crippen LogP contribution in [0.15, 0.2) is 24.3 Å². The van der Waals surface area contributed by atoms with Gasteiger partial charge in [-0.15, -0.1) is 0 Å². The Bertz CT molecular complexity index is 488. The molecule has 0 aromatic heterocycles. The molecule has 21 heavy (non-hydrogen) atoms. The molecule has 1 rings (SSSR count).